The van der Waals surface area contributed by atoms with E-state index in [4.69, 9.17) is 4.74 Å². The molecule has 2 aromatic heterocycles. The number of fused-ring (bicyclic) bond motifs is 1. The van der Waals surface area contributed by atoms with Crippen LogP contribution in [0.15, 0.2) is 54.9 Å². The Morgan fingerprint density at radius 2 is 1.74 bits per heavy atom. The lowest BCUT2D eigenvalue weighted by Crippen LogP contribution is -2.34. The van der Waals surface area contributed by atoms with E-state index in [1.807, 2.05) is 36.4 Å². The first-order valence-electron chi connectivity index (χ1n) is 10.7. The van der Waals surface area contributed by atoms with Crippen molar-refractivity contribution >= 4 is 46.9 Å². The summed E-state index contributed by atoms with van der Waals surface area (Å²) in [6, 6.07) is 14.6. The molecule has 0 saturated carbocycles. The Kier molecular flexibility index (Phi) is 7.09. The van der Waals surface area contributed by atoms with Gasteiger partial charge >= 0.3 is 0 Å². The lowest BCUT2D eigenvalue weighted by molar-refractivity contribution is 0.0985. The molecule has 5 rings (SSSR count). The third-order valence-corrected chi connectivity index (χ3v) is 5.40. The maximum Gasteiger partial charge on any atom is 0.276 e. The second-order valence-electron chi connectivity index (χ2n) is 7.73. The predicted octanol–water partition coefficient (Wildman–Crippen LogP) is 3.34. The van der Waals surface area contributed by atoms with Crippen LogP contribution in [0.25, 0.3) is 11.0 Å². The van der Waals surface area contributed by atoms with Crippen LogP contribution in [0.1, 0.15) is 33.8 Å². The summed E-state index contributed by atoms with van der Waals surface area (Å²) in [5.74, 6) is 0.0116. The van der Waals surface area contributed by atoms with Crippen LogP contribution in [0, 0.1) is 0 Å². The maximum absolute atomic E-state index is 12.8. The van der Waals surface area contributed by atoms with Crippen molar-refractivity contribution in [2.45, 2.75) is 18.9 Å². The van der Waals surface area contributed by atoms with E-state index >= 15 is 0 Å². The summed E-state index contributed by atoms with van der Waals surface area (Å²) < 4.78 is 5.98. The van der Waals surface area contributed by atoms with E-state index in [2.05, 4.69) is 35.9 Å². The molecule has 1 aliphatic heterocycles. The van der Waals surface area contributed by atoms with E-state index in [0.29, 0.717) is 5.69 Å². The summed E-state index contributed by atoms with van der Waals surface area (Å²) in [6.07, 6.45) is 3.44. The number of imidazole rings is 2. The number of amides is 2. The monoisotopic (exact) mass is 481 g/mol. The van der Waals surface area contributed by atoms with Crippen molar-refractivity contribution in [2.75, 3.05) is 23.7 Å². The highest BCUT2D eigenvalue weighted by atomic mass is 35.5. The maximum atomic E-state index is 12.8. The van der Waals surface area contributed by atoms with Gasteiger partial charge in [0.15, 0.2) is 5.69 Å². The van der Waals surface area contributed by atoms with Crippen LogP contribution in [-0.2, 0) is 0 Å². The molecule has 4 aromatic rings. The van der Waals surface area contributed by atoms with Crippen LogP contribution < -0.4 is 20.7 Å². The molecule has 2 aromatic carbocycles. The molecular formula is C23H24ClN7O3. The van der Waals surface area contributed by atoms with Crippen molar-refractivity contribution in [1.82, 2.24) is 25.3 Å². The number of hydrogen-bond donors (Lipinski definition) is 5. The van der Waals surface area contributed by atoms with Crippen molar-refractivity contribution in [1.29, 1.82) is 0 Å². The molecule has 0 aliphatic carbocycles. The van der Waals surface area contributed by atoms with Gasteiger partial charge in [0.05, 0.1) is 17.4 Å². The molecule has 5 N–H and O–H groups in total. The number of aromatic amines is 2. The van der Waals surface area contributed by atoms with Gasteiger partial charge in [0, 0.05) is 5.69 Å². The molecular weight excluding hydrogens is 458 g/mol. The first kappa shape index (κ1) is 23.3. The van der Waals surface area contributed by atoms with Gasteiger partial charge in [0.2, 0.25) is 5.95 Å². The Bertz CT molecular complexity index is 1250. The van der Waals surface area contributed by atoms with Crippen molar-refractivity contribution < 1.29 is 14.3 Å². The highest BCUT2D eigenvalue weighted by Crippen LogP contribution is 2.20. The van der Waals surface area contributed by atoms with Crippen molar-refractivity contribution in [2.24, 2.45) is 0 Å². The average molecular weight is 482 g/mol. The summed E-state index contributed by atoms with van der Waals surface area (Å²) in [6.45, 7) is 1.91. The Hall–Kier alpha value is -3.89. The Balaban J connectivity index is 0.00000274. The minimum Gasteiger partial charge on any atom is -0.490 e. The molecule has 1 saturated heterocycles. The number of halogens is 1. The molecule has 0 radical (unpaired) electrons. The molecule has 0 bridgehead atoms. The number of rotatable bonds is 6. The molecule has 3 heterocycles. The Labute approximate surface area is 201 Å². The molecule has 11 heteroatoms. The van der Waals surface area contributed by atoms with Crippen LogP contribution in [-0.4, -0.2) is 50.9 Å². The van der Waals surface area contributed by atoms with E-state index in [-0.39, 0.29) is 35.8 Å². The quantitative estimate of drug-likeness (QED) is 0.286. The molecule has 2 amide bonds. The number of para-hydroxylation sites is 2. The number of piperidine rings is 1. The van der Waals surface area contributed by atoms with Gasteiger partial charge < -0.3 is 25.3 Å². The van der Waals surface area contributed by atoms with E-state index in [1.54, 1.807) is 12.1 Å². The zero-order chi connectivity index (χ0) is 22.6. The number of hydrogen-bond acceptors (Lipinski definition) is 6. The summed E-state index contributed by atoms with van der Waals surface area (Å²) >= 11 is 0. The minimum absolute atomic E-state index is 0. The summed E-state index contributed by atoms with van der Waals surface area (Å²) in [7, 11) is 0. The fourth-order valence-corrected chi connectivity index (χ4v) is 3.73. The number of anilines is 2. The Morgan fingerprint density at radius 3 is 2.50 bits per heavy atom. The topological polar surface area (TPSA) is 137 Å². The number of nitrogens with zero attached hydrogens (tertiary/aromatic N) is 2. The van der Waals surface area contributed by atoms with Crippen LogP contribution in [0.5, 0.6) is 5.75 Å². The van der Waals surface area contributed by atoms with Gasteiger partial charge in [-0.25, -0.2) is 9.97 Å². The van der Waals surface area contributed by atoms with E-state index in [1.165, 1.54) is 6.33 Å². The van der Waals surface area contributed by atoms with Gasteiger partial charge in [0.25, 0.3) is 11.8 Å². The number of aromatic nitrogens is 4. The fourth-order valence-electron chi connectivity index (χ4n) is 3.73. The minimum atomic E-state index is -0.526. The van der Waals surface area contributed by atoms with E-state index in [9.17, 15) is 9.59 Å². The molecule has 0 atom stereocenters. The van der Waals surface area contributed by atoms with Crippen molar-refractivity contribution in [3.8, 4) is 5.75 Å². The van der Waals surface area contributed by atoms with Crippen molar-refractivity contribution in [3.63, 3.8) is 0 Å². The second-order valence-corrected chi connectivity index (χ2v) is 7.73. The summed E-state index contributed by atoms with van der Waals surface area (Å²) in [5, 5.41) is 8.73. The van der Waals surface area contributed by atoms with Gasteiger partial charge in [-0.2, -0.15) is 0 Å². The van der Waals surface area contributed by atoms with E-state index in [0.717, 1.165) is 42.7 Å². The molecule has 10 nitrogen and oxygen atoms in total. The number of H-pyrrole nitrogens is 2. The average Bonchev–Trinajstić information content (AvgIpc) is 3.48. The smallest absolute Gasteiger partial charge is 0.276 e. The van der Waals surface area contributed by atoms with Gasteiger partial charge in [0.1, 0.15) is 17.5 Å². The SMILES string of the molecule is Cl.O=C(Nc1ccc(OC2CCNCC2)cc1)c1nc[nH]c1C(=O)Nc1nc2ccccc2[nH]1. The molecule has 1 fully saturated rings. The third-order valence-electron chi connectivity index (χ3n) is 5.40. The number of carbonyl (C=O) groups excluding carboxylic acids is 2. The lowest BCUT2D eigenvalue weighted by Gasteiger charge is -2.23. The molecule has 1 aliphatic rings. The van der Waals surface area contributed by atoms with Gasteiger partial charge in [-0.3, -0.25) is 14.9 Å². The summed E-state index contributed by atoms with van der Waals surface area (Å²) in [5.41, 5.74) is 2.12. The molecule has 176 valence electrons. The van der Waals surface area contributed by atoms with Gasteiger partial charge in [-0.1, -0.05) is 12.1 Å². The number of nitrogens with one attached hydrogen (secondary N) is 5. The second kappa shape index (κ2) is 10.4. The lowest BCUT2D eigenvalue weighted by atomic mass is 10.1. The molecule has 34 heavy (non-hydrogen) atoms. The molecule has 0 spiro atoms. The third kappa shape index (κ3) is 5.19. The van der Waals surface area contributed by atoms with Crippen LogP contribution in [0.4, 0.5) is 11.6 Å². The first-order chi connectivity index (χ1) is 16.2. The highest BCUT2D eigenvalue weighted by molar-refractivity contribution is 6.13. The van der Waals surface area contributed by atoms with E-state index < -0.39 is 11.8 Å². The fraction of sp³-hybridized carbons (Fsp3) is 0.217. The first-order valence-corrected chi connectivity index (χ1v) is 10.7. The zero-order valence-corrected chi connectivity index (χ0v) is 18.9. The highest BCUT2D eigenvalue weighted by Gasteiger charge is 2.22. The standard InChI is InChI=1S/C23H23N7O3.ClH/c31-21(27-14-5-7-15(8-6-14)33-16-9-11-24-12-10-16)19-20(26-13-25-19)22(32)30-23-28-17-3-1-2-4-18(17)29-23;/h1-8,13,16,24H,9-12H2,(H,25,26)(H,27,31)(H2,28,29,30,32);1H. The van der Waals surface area contributed by atoms with Gasteiger partial charge in [-0.05, 0) is 62.3 Å². The van der Waals surface area contributed by atoms with Crippen molar-refractivity contribution in [3.05, 3.63) is 66.2 Å². The summed E-state index contributed by atoms with van der Waals surface area (Å²) in [4.78, 5) is 39.6. The van der Waals surface area contributed by atoms with Gasteiger partial charge in [-0.15, -0.1) is 12.4 Å². The van der Waals surface area contributed by atoms with Crippen LogP contribution >= 0.6 is 12.4 Å². The van der Waals surface area contributed by atoms with Crippen LogP contribution in [0.3, 0.4) is 0 Å². The van der Waals surface area contributed by atoms with Crippen LogP contribution in [0.2, 0.25) is 0 Å². The predicted molar refractivity (Wildman–Crippen MR) is 131 cm³/mol. The number of benzene rings is 2. The number of ether oxygens (including phenoxy) is 1. The number of carbonyl (C=O) groups is 2. The molecule has 0 unspecified atom stereocenters. The zero-order valence-electron chi connectivity index (χ0n) is 18.1. The largest absolute Gasteiger partial charge is 0.490 e. The Morgan fingerprint density at radius 1 is 0.971 bits per heavy atom. The normalized spacial score (nSPS) is 13.8.